The van der Waals surface area contributed by atoms with Gasteiger partial charge in [0.15, 0.2) is 0 Å². The zero-order valence-corrected chi connectivity index (χ0v) is 18.8. The van der Waals surface area contributed by atoms with Crippen LogP contribution in [0.2, 0.25) is 0 Å². The lowest BCUT2D eigenvalue weighted by atomic mass is 9.92. The Kier molecular flexibility index (Phi) is 5.76. The highest BCUT2D eigenvalue weighted by Gasteiger charge is 2.26. The number of aryl methyl sites for hydroxylation is 1. The topological polar surface area (TPSA) is 80.0 Å². The molecule has 3 aromatic heterocycles. The van der Waals surface area contributed by atoms with Crippen molar-refractivity contribution in [2.75, 3.05) is 0 Å². The molecule has 7 heteroatoms. The number of carbonyl (C=O) groups is 1. The summed E-state index contributed by atoms with van der Waals surface area (Å²) in [6, 6.07) is 11.9. The Morgan fingerprint density at radius 3 is 2.81 bits per heavy atom. The monoisotopic (exact) mass is 446 g/mol. The number of thiophene rings is 1. The smallest absolute Gasteiger partial charge is 0.270 e. The van der Waals surface area contributed by atoms with Gasteiger partial charge in [0.25, 0.3) is 5.91 Å². The number of aliphatic hydroxyl groups excluding tert-OH is 1. The van der Waals surface area contributed by atoms with Gasteiger partial charge < -0.3 is 10.4 Å². The van der Waals surface area contributed by atoms with Gasteiger partial charge in [-0.25, -0.2) is 9.67 Å². The third kappa shape index (κ3) is 4.18. The summed E-state index contributed by atoms with van der Waals surface area (Å²) in [4.78, 5) is 17.7. The fraction of sp³-hybridized carbons (Fsp3) is 0.320. The number of hydrogen-bond donors (Lipinski definition) is 2. The third-order valence-electron chi connectivity index (χ3n) is 6.16. The minimum atomic E-state index is -0.480. The number of aliphatic hydroxyl groups is 1. The van der Waals surface area contributed by atoms with Crippen LogP contribution >= 0.6 is 11.3 Å². The quantitative estimate of drug-likeness (QED) is 0.476. The lowest BCUT2D eigenvalue weighted by Gasteiger charge is -2.28. The molecule has 0 radical (unpaired) electrons. The molecule has 4 aromatic rings. The first-order chi connectivity index (χ1) is 15.6. The summed E-state index contributed by atoms with van der Waals surface area (Å²) in [7, 11) is 0. The molecule has 32 heavy (non-hydrogen) atoms. The Morgan fingerprint density at radius 1 is 1.25 bits per heavy atom. The number of nitrogens with zero attached hydrogens (tertiary/aromatic N) is 3. The molecule has 0 aliphatic heterocycles. The minimum Gasteiger partial charge on any atom is -0.391 e. The Bertz CT molecular complexity index is 1230. The predicted molar refractivity (Wildman–Crippen MR) is 126 cm³/mol. The molecule has 2 atom stereocenters. The number of hydrogen-bond acceptors (Lipinski definition) is 5. The van der Waals surface area contributed by atoms with Gasteiger partial charge in [-0.05, 0) is 72.5 Å². The molecule has 1 aliphatic carbocycles. The Balaban J connectivity index is 1.43. The van der Waals surface area contributed by atoms with Crippen molar-refractivity contribution in [1.82, 2.24) is 20.1 Å². The number of nitrogens with one attached hydrogen (secondary N) is 1. The summed E-state index contributed by atoms with van der Waals surface area (Å²) < 4.78 is 2.95. The second kappa shape index (κ2) is 8.84. The average molecular weight is 447 g/mol. The molecule has 2 N–H and O–H groups in total. The standard InChI is InChI=1S/C25H26N4O2S/c1-16-15-32-24-18(13-17-7-9-19(10-8-17)29-12-4-11-26-29)14-21(27-23(16)24)25(31)28-20-5-2-3-6-22(20)30/h4,7-12,14-15,20,22,30H,2-3,5-6,13H2,1H3,(H,28,31)/t20-,22-/m1/s1. The highest BCUT2D eigenvalue weighted by atomic mass is 32.1. The Labute approximate surface area is 190 Å². The zero-order chi connectivity index (χ0) is 22.1. The van der Waals surface area contributed by atoms with Crippen molar-refractivity contribution in [2.24, 2.45) is 0 Å². The van der Waals surface area contributed by atoms with Crippen LogP contribution in [0.1, 0.15) is 52.9 Å². The lowest BCUT2D eigenvalue weighted by molar-refractivity contribution is 0.0714. The van der Waals surface area contributed by atoms with Crippen LogP contribution in [-0.4, -0.2) is 37.9 Å². The van der Waals surface area contributed by atoms with Crippen LogP contribution < -0.4 is 5.32 Å². The number of amides is 1. The molecule has 0 saturated heterocycles. The molecular formula is C25H26N4O2S. The average Bonchev–Trinajstić information content (AvgIpc) is 3.47. The number of rotatable bonds is 5. The molecular weight excluding hydrogens is 420 g/mol. The Morgan fingerprint density at radius 2 is 2.06 bits per heavy atom. The molecule has 0 unspecified atom stereocenters. The predicted octanol–water partition coefficient (Wildman–Crippen LogP) is 4.41. The second-order valence-corrected chi connectivity index (χ2v) is 9.37. The zero-order valence-electron chi connectivity index (χ0n) is 18.0. The maximum absolute atomic E-state index is 13.0. The van der Waals surface area contributed by atoms with Gasteiger partial charge >= 0.3 is 0 Å². The Hall–Kier alpha value is -3.03. The summed E-state index contributed by atoms with van der Waals surface area (Å²) in [5.41, 5.74) is 5.64. The molecule has 0 spiro atoms. The molecule has 5 rings (SSSR count). The van der Waals surface area contributed by atoms with Gasteiger partial charge in [0.05, 0.1) is 28.0 Å². The van der Waals surface area contributed by atoms with Crippen molar-refractivity contribution in [2.45, 2.75) is 51.2 Å². The van der Waals surface area contributed by atoms with Crippen LogP contribution in [0, 0.1) is 6.92 Å². The van der Waals surface area contributed by atoms with Gasteiger partial charge in [0.2, 0.25) is 0 Å². The fourth-order valence-electron chi connectivity index (χ4n) is 4.37. The second-order valence-electron chi connectivity index (χ2n) is 8.49. The van der Waals surface area contributed by atoms with Crippen LogP contribution in [0.4, 0.5) is 0 Å². The van der Waals surface area contributed by atoms with Crippen molar-refractivity contribution in [3.05, 3.63) is 76.6 Å². The number of pyridine rings is 1. The number of benzene rings is 1. The molecule has 6 nitrogen and oxygen atoms in total. The lowest BCUT2D eigenvalue weighted by Crippen LogP contribution is -2.45. The van der Waals surface area contributed by atoms with Gasteiger partial charge in [-0.3, -0.25) is 4.79 Å². The summed E-state index contributed by atoms with van der Waals surface area (Å²) in [6.45, 7) is 2.03. The van der Waals surface area contributed by atoms with E-state index in [4.69, 9.17) is 0 Å². The van der Waals surface area contributed by atoms with E-state index in [2.05, 4.69) is 45.0 Å². The molecule has 1 aromatic carbocycles. The van der Waals surface area contributed by atoms with Crippen LogP contribution in [0.25, 0.3) is 15.9 Å². The molecule has 1 amide bonds. The summed E-state index contributed by atoms with van der Waals surface area (Å²) >= 11 is 1.67. The van der Waals surface area contributed by atoms with E-state index in [-0.39, 0.29) is 11.9 Å². The molecule has 0 bridgehead atoms. The summed E-state index contributed by atoms with van der Waals surface area (Å²) in [5.74, 6) is -0.210. The van der Waals surface area contributed by atoms with E-state index in [1.165, 1.54) is 0 Å². The molecule has 1 saturated carbocycles. The van der Waals surface area contributed by atoms with Crippen molar-refractivity contribution < 1.29 is 9.90 Å². The van der Waals surface area contributed by atoms with Gasteiger partial charge in [0.1, 0.15) is 5.69 Å². The largest absolute Gasteiger partial charge is 0.391 e. The van der Waals surface area contributed by atoms with Crippen LogP contribution in [-0.2, 0) is 6.42 Å². The van der Waals surface area contributed by atoms with Crippen LogP contribution in [0.5, 0.6) is 0 Å². The van der Waals surface area contributed by atoms with E-state index >= 15 is 0 Å². The van der Waals surface area contributed by atoms with Crippen molar-refractivity contribution in [1.29, 1.82) is 0 Å². The van der Waals surface area contributed by atoms with Gasteiger partial charge in [-0.15, -0.1) is 11.3 Å². The van der Waals surface area contributed by atoms with Crippen LogP contribution in [0.3, 0.4) is 0 Å². The molecule has 1 fully saturated rings. The number of aromatic nitrogens is 3. The normalized spacial score (nSPS) is 18.7. The van der Waals surface area contributed by atoms with E-state index < -0.39 is 6.10 Å². The van der Waals surface area contributed by atoms with E-state index in [1.807, 2.05) is 29.9 Å². The van der Waals surface area contributed by atoms with Gasteiger partial charge in [-0.2, -0.15) is 5.10 Å². The maximum Gasteiger partial charge on any atom is 0.270 e. The molecule has 164 valence electrons. The van der Waals surface area contributed by atoms with E-state index in [9.17, 15) is 9.90 Å². The van der Waals surface area contributed by atoms with Crippen LogP contribution in [0.15, 0.2) is 54.2 Å². The van der Waals surface area contributed by atoms with E-state index in [1.54, 1.807) is 17.5 Å². The van der Waals surface area contributed by atoms with Gasteiger partial charge in [-0.1, -0.05) is 25.0 Å². The first kappa shape index (κ1) is 20.8. The van der Waals surface area contributed by atoms with Crippen molar-refractivity contribution >= 4 is 27.5 Å². The number of carbonyl (C=O) groups excluding carboxylic acids is 1. The minimum absolute atomic E-state index is 0.199. The van der Waals surface area contributed by atoms with Crippen molar-refractivity contribution in [3.8, 4) is 5.69 Å². The first-order valence-electron chi connectivity index (χ1n) is 11.0. The highest BCUT2D eigenvalue weighted by molar-refractivity contribution is 7.17. The maximum atomic E-state index is 13.0. The fourth-order valence-corrected chi connectivity index (χ4v) is 5.37. The molecule has 1 aliphatic rings. The summed E-state index contributed by atoms with van der Waals surface area (Å²) in [5, 5.41) is 19.6. The van der Waals surface area contributed by atoms with Crippen molar-refractivity contribution in [3.63, 3.8) is 0 Å². The van der Waals surface area contributed by atoms with E-state index in [0.29, 0.717) is 12.1 Å². The molecule has 3 heterocycles. The number of fused-ring (bicyclic) bond motifs is 1. The summed E-state index contributed by atoms with van der Waals surface area (Å²) in [6.07, 6.45) is 7.50. The SMILES string of the molecule is Cc1csc2c(Cc3ccc(-n4cccn4)cc3)cc(C(=O)N[C@@H]3CCCC[C@H]3O)nc12. The van der Waals surface area contributed by atoms with E-state index in [0.717, 1.165) is 58.3 Å². The van der Waals surface area contributed by atoms with Gasteiger partial charge in [0, 0.05) is 12.4 Å². The first-order valence-corrected chi connectivity index (χ1v) is 11.9. The third-order valence-corrected chi connectivity index (χ3v) is 7.32. The highest BCUT2D eigenvalue weighted by Crippen LogP contribution is 2.30.